The smallest absolute Gasteiger partial charge is 0.0237 e. The summed E-state index contributed by atoms with van der Waals surface area (Å²) < 4.78 is 0. The highest BCUT2D eigenvalue weighted by molar-refractivity contribution is 5.14. The SMILES string of the molecule is CCC[C@@H]1CN(Cc2ccccc2)[C@H](CCC)CN1. The maximum atomic E-state index is 3.73. The van der Waals surface area contributed by atoms with E-state index >= 15 is 0 Å². The maximum Gasteiger partial charge on any atom is 0.0237 e. The lowest BCUT2D eigenvalue weighted by molar-refractivity contribution is 0.112. The van der Waals surface area contributed by atoms with Crippen molar-refractivity contribution in [2.45, 2.75) is 58.2 Å². The number of benzene rings is 1. The summed E-state index contributed by atoms with van der Waals surface area (Å²) in [5.41, 5.74) is 1.45. The molecule has 0 radical (unpaired) electrons. The van der Waals surface area contributed by atoms with Crippen LogP contribution in [0.3, 0.4) is 0 Å². The van der Waals surface area contributed by atoms with Crippen LogP contribution in [0.15, 0.2) is 30.3 Å². The van der Waals surface area contributed by atoms with Crippen LogP contribution in [0.5, 0.6) is 0 Å². The Morgan fingerprint density at radius 1 is 1.11 bits per heavy atom. The Bertz CT molecular complexity index is 350. The van der Waals surface area contributed by atoms with Crippen LogP contribution in [0.1, 0.15) is 45.1 Å². The van der Waals surface area contributed by atoms with E-state index in [9.17, 15) is 0 Å². The molecule has 0 unspecified atom stereocenters. The number of nitrogens with one attached hydrogen (secondary N) is 1. The molecule has 2 atom stereocenters. The highest BCUT2D eigenvalue weighted by Gasteiger charge is 2.26. The molecule has 1 aromatic carbocycles. The van der Waals surface area contributed by atoms with Crippen molar-refractivity contribution in [1.29, 1.82) is 0 Å². The fraction of sp³-hybridized carbons (Fsp3) is 0.647. The van der Waals surface area contributed by atoms with Crippen LogP contribution < -0.4 is 5.32 Å². The molecule has 19 heavy (non-hydrogen) atoms. The van der Waals surface area contributed by atoms with E-state index in [-0.39, 0.29) is 0 Å². The van der Waals surface area contributed by atoms with E-state index in [0.29, 0.717) is 12.1 Å². The second-order valence-electron chi connectivity index (χ2n) is 5.75. The molecule has 0 bridgehead atoms. The first kappa shape index (κ1) is 14.5. The van der Waals surface area contributed by atoms with E-state index < -0.39 is 0 Å². The van der Waals surface area contributed by atoms with Gasteiger partial charge in [0.15, 0.2) is 0 Å². The molecule has 1 aliphatic rings. The third-order valence-electron chi connectivity index (χ3n) is 4.10. The number of hydrogen-bond acceptors (Lipinski definition) is 2. The predicted octanol–water partition coefficient (Wildman–Crippen LogP) is 3.43. The lowest BCUT2D eigenvalue weighted by atomic mass is 10.0. The minimum absolute atomic E-state index is 0.682. The minimum Gasteiger partial charge on any atom is -0.311 e. The Morgan fingerprint density at radius 3 is 2.53 bits per heavy atom. The number of piperazine rings is 1. The van der Waals surface area contributed by atoms with E-state index in [1.54, 1.807) is 0 Å². The summed E-state index contributed by atoms with van der Waals surface area (Å²) in [6.45, 7) is 8.03. The highest BCUT2D eigenvalue weighted by Crippen LogP contribution is 2.17. The molecule has 0 spiro atoms. The van der Waals surface area contributed by atoms with E-state index in [2.05, 4.69) is 54.4 Å². The van der Waals surface area contributed by atoms with Crippen molar-refractivity contribution >= 4 is 0 Å². The molecule has 106 valence electrons. The molecule has 0 saturated carbocycles. The van der Waals surface area contributed by atoms with Crippen LogP contribution in [0.25, 0.3) is 0 Å². The van der Waals surface area contributed by atoms with Gasteiger partial charge in [-0.15, -0.1) is 0 Å². The van der Waals surface area contributed by atoms with Crippen LogP contribution in [0.2, 0.25) is 0 Å². The van der Waals surface area contributed by atoms with Crippen molar-refractivity contribution in [2.24, 2.45) is 0 Å². The lowest BCUT2D eigenvalue weighted by Crippen LogP contribution is -2.55. The van der Waals surface area contributed by atoms with Crippen molar-refractivity contribution in [3.05, 3.63) is 35.9 Å². The Kier molecular flexibility index (Phi) is 5.87. The largest absolute Gasteiger partial charge is 0.311 e. The van der Waals surface area contributed by atoms with Gasteiger partial charge in [-0.1, -0.05) is 57.0 Å². The van der Waals surface area contributed by atoms with Gasteiger partial charge < -0.3 is 5.32 Å². The zero-order valence-corrected chi connectivity index (χ0v) is 12.4. The molecule has 2 heteroatoms. The Labute approximate surface area is 118 Å². The fourth-order valence-corrected chi connectivity index (χ4v) is 3.10. The summed E-state index contributed by atoms with van der Waals surface area (Å²) in [5, 5.41) is 3.73. The van der Waals surface area contributed by atoms with E-state index in [1.807, 2.05) is 0 Å². The summed E-state index contributed by atoms with van der Waals surface area (Å²) in [7, 11) is 0. The Morgan fingerprint density at radius 2 is 1.84 bits per heavy atom. The molecular weight excluding hydrogens is 232 g/mol. The van der Waals surface area contributed by atoms with Crippen LogP contribution in [0, 0.1) is 0 Å². The first-order valence-corrected chi connectivity index (χ1v) is 7.84. The third-order valence-corrected chi connectivity index (χ3v) is 4.10. The summed E-state index contributed by atoms with van der Waals surface area (Å²) in [6, 6.07) is 12.3. The molecule has 1 aliphatic heterocycles. The monoisotopic (exact) mass is 260 g/mol. The number of rotatable bonds is 6. The van der Waals surface area contributed by atoms with Crippen molar-refractivity contribution in [1.82, 2.24) is 10.2 Å². The van der Waals surface area contributed by atoms with E-state index in [0.717, 1.165) is 13.1 Å². The summed E-state index contributed by atoms with van der Waals surface area (Å²) in [5.74, 6) is 0. The van der Waals surface area contributed by atoms with Crippen molar-refractivity contribution in [3.8, 4) is 0 Å². The van der Waals surface area contributed by atoms with Gasteiger partial charge in [-0.2, -0.15) is 0 Å². The molecule has 0 amide bonds. The number of hydrogen-bond donors (Lipinski definition) is 1. The van der Waals surface area contributed by atoms with Crippen molar-refractivity contribution in [2.75, 3.05) is 13.1 Å². The molecule has 1 heterocycles. The Balaban J connectivity index is 1.98. The first-order chi connectivity index (χ1) is 9.33. The second kappa shape index (κ2) is 7.66. The van der Waals surface area contributed by atoms with Gasteiger partial charge in [0.05, 0.1) is 0 Å². The molecule has 1 saturated heterocycles. The summed E-state index contributed by atoms with van der Waals surface area (Å²) in [6.07, 6.45) is 5.15. The van der Waals surface area contributed by atoms with Gasteiger partial charge in [0.1, 0.15) is 0 Å². The molecule has 1 N–H and O–H groups in total. The lowest BCUT2D eigenvalue weighted by Gasteiger charge is -2.40. The first-order valence-electron chi connectivity index (χ1n) is 7.84. The second-order valence-corrected chi connectivity index (χ2v) is 5.75. The molecular formula is C17H28N2. The molecule has 2 rings (SSSR count). The zero-order valence-electron chi connectivity index (χ0n) is 12.4. The maximum absolute atomic E-state index is 3.73. The zero-order chi connectivity index (χ0) is 13.5. The molecule has 1 aromatic rings. The van der Waals surface area contributed by atoms with Gasteiger partial charge in [0, 0.05) is 31.7 Å². The van der Waals surface area contributed by atoms with Gasteiger partial charge >= 0.3 is 0 Å². The molecule has 0 aliphatic carbocycles. The van der Waals surface area contributed by atoms with E-state index in [1.165, 1.54) is 37.8 Å². The normalized spacial score (nSPS) is 24.5. The highest BCUT2D eigenvalue weighted by atomic mass is 15.2. The van der Waals surface area contributed by atoms with Gasteiger partial charge in [-0.05, 0) is 18.4 Å². The van der Waals surface area contributed by atoms with E-state index in [4.69, 9.17) is 0 Å². The van der Waals surface area contributed by atoms with Gasteiger partial charge in [0.2, 0.25) is 0 Å². The van der Waals surface area contributed by atoms with Gasteiger partial charge in [-0.3, -0.25) is 4.90 Å². The molecule has 2 nitrogen and oxygen atoms in total. The van der Waals surface area contributed by atoms with Crippen molar-refractivity contribution < 1.29 is 0 Å². The average Bonchev–Trinajstić information content (AvgIpc) is 2.43. The third kappa shape index (κ3) is 4.32. The summed E-state index contributed by atoms with van der Waals surface area (Å²) >= 11 is 0. The topological polar surface area (TPSA) is 15.3 Å². The van der Waals surface area contributed by atoms with Crippen LogP contribution in [-0.4, -0.2) is 30.1 Å². The fourth-order valence-electron chi connectivity index (χ4n) is 3.10. The van der Waals surface area contributed by atoms with Gasteiger partial charge in [-0.25, -0.2) is 0 Å². The van der Waals surface area contributed by atoms with Crippen molar-refractivity contribution in [3.63, 3.8) is 0 Å². The number of nitrogens with zero attached hydrogens (tertiary/aromatic N) is 1. The quantitative estimate of drug-likeness (QED) is 0.843. The van der Waals surface area contributed by atoms with Crippen LogP contribution >= 0.6 is 0 Å². The average molecular weight is 260 g/mol. The standard InChI is InChI=1S/C17H28N2/c1-3-8-16-14-19(17(9-4-2)12-18-16)13-15-10-6-5-7-11-15/h5-7,10-11,16-18H,3-4,8-9,12-14H2,1-2H3/t16-,17-/m1/s1. The minimum atomic E-state index is 0.682. The Hall–Kier alpha value is -0.860. The summed E-state index contributed by atoms with van der Waals surface area (Å²) in [4.78, 5) is 2.69. The molecule has 0 aromatic heterocycles. The predicted molar refractivity (Wildman–Crippen MR) is 82.2 cm³/mol. The van der Waals surface area contributed by atoms with Gasteiger partial charge in [0.25, 0.3) is 0 Å². The molecule has 1 fully saturated rings. The van der Waals surface area contributed by atoms with Crippen LogP contribution in [-0.2, 0) is 6.54 Å². The van der Waals surface area contributed by atoms with Crippen LogP contribution in [0.4, 0.5) is 0 Å².